The number of hydrogen-bond donors (Lipinski definition) is 2. The molecule has 0 saturated carbocycles. The first-order valence-electron chi connectivity index (χ1n) is 15.7. The van der Waals surface area contributed by atoms with Crippen LogP contribution in [0.15, 0.2) is 110 Å². The number of carbonyl (C=O) groups excluding carboxylic acids is 3. The fraction of sp³-hybridized carbons (Fsp3) is 0.342. The molecule has 1 aliphatic rings. The van der Waals surface area contributed by atoms with Crippen molar-refractivity contribution >= 4 is 17.8 Å². The maximum Gasteiger partial charge on any atom is 0.309 e. The Morgan fingerprint density at radius 2 is 1.58 bits per heavy atom. The Kier molecular flexibility index (Phi) is 12.7. The van der Waals surface area contributed by atoms with Crippen molar-refractivity contribution in [2.24, 2.45) is 11.8 Å². The van der Waals surface area contributed by atoms with Crippen molar-refractivity contribution in [1.82, 2.24) is 10.2 Å². The molecule has 0 radical (unpaired) electrons. The fourth-order valence-corrected chi connectivity index (χ4v) is 5.84. The van der Waals surface area contributed by atoms with E-state index in [1.165, 1.54) is 0 Å². The van der Waals surface area contributed by atoms with Crippen LogP contribution in [0.25, 0.3) is 0 Å². The van der Waals surface area contributed by atoms with Gasteiger partial charge in [0.2, 0.25) is 11.8 Å². The van der Waals surface area contributed by atoms with Crippen molar-refractivity contribution in [3.8, 4) is 0 Å². The van der Waals surface area contributed by atoms with Crippen molar-refractivity contribution in [2.45, 2.75) is 57.2 Å². The number of benzene rings is 3. The van der Waals surface area contributed by atoms with E-state index in [2.05, 4.69) is 18.5 Å². The number of aliphatic hydroxyl groups is 1. The normalized spacial score (nSPS) is 16.0. The standard InChI is InChI=1S/C38H44N2O5/c1-3-5-17-32(22-28-15-8-6-9-16-28)38(44)45-35(29-18-10-7-11-19-29)25-39-37(43)31(14-4-2)24-36(42)40-26-33-21-13-12-20-30(33)23-34(40)27-41/h3-4,6-13,15-16,18-21,31-32,34-35,41H,1-2,5,14,17,22-27H2,(H,39,43)/t31-,32+,34-,35+/m0/s1. The maximum atomic E-state index is 13.5. The van der Waals surface area contributed by atoms with Gasteiger partial charge < -0.3 is 20.1 Å². The largest absolute Gasteiger partial charge is 0.455 e. The summed E-state index contributed by atoms with van der Waals surface area (Å²) in [6, 6.07) is 26.8. The highest BCUT2D eigenvalue weighted by atomic mass is 16.5. The molecule has 7 nitrogen and oxygen atoms in total. The highest BCUT2D eigenvalue weighted by Crippen LogP contribution is 2.26. The number of carbonyl (C=O) groups is 3. The molecule has 236 valence electrons. The molecular formula is C38H44N2O5. The summed E-state index contributed by atoms with van der Waals surface area (Å²) in [5, 5.41) is 13.0. The Morgan fingerprint density at radius 3 is 2.24 bits per heavy atom. The molecule has 2 N–H and O–H groups in total. The third-order valence-electron chi connectivity index (χ3n) is 8.40. The third-order valence-corrected chi connectivity index (χ3v) is 8.40. The Balaban J connectivity index is 1.44. The van der Waals surface area contributed by atoms with Crippen molar-refractivity contribution in [3.63, 3.8) is 0 Å². The van der Waals surface area contributed by atoms with Gasteiger partial charge in [0.1, 0.15) is 6.10 Å². The van der Waals surface area contributed by atoms with Crippen molar-refractivity contribution < 1.29 is 24.2 Å². The van der Waals surface area contributed by atoms with Gasteiger partial charge in [0.05, 0.1) is 31.0 Å². The number of esters is 1. The Bertz CT molecular complexity index is 1420. The average molecular weight is 609 g/mol. The highest BCUT2D eigenvalue weighted by Gasteiger charge is 2.32. The lowest BCUT2D eigenvalue weighted by Crippen LogP contribution is -2.47. The Labute approximate surface area is 266 Å². The van der Waals surface area contributed by atoms with E-state index in [-0.39, 0.29) is 49.3 Å². The number of amides is 2. The molecule has 0 unspecified atom stereocenters. The van der Waals surface area contributed by atoms with Gasteiger partial charge in [0, 0.05) is 13.0 Å². The van der Waals surface area contributed by atoms with Gasteiger partial charge in [0.25, 0.3) is 0 Å². The number of fused-ring (bicyclic) bond motifs is 1. The fourth-order valence-electron chi connectivity index (χ4n) is 5.84. The summed E-state index contributed by atoms with van der Waals surface area (Å²) in [4.78, 5) is 42.2. The minimum Gasteiger partial charge on any atom is -0.455 e. The first-order chi connectivity index (χ1) is 21.9. The number of aliphatic hydroxyl groups excluding tert-OH is 1. The van der Waals surface area contributed by atoms with Crippen LogP contribution in [0.5, 0.6) is 0 Å². The van der Waals surface area contributed by atoms with Gasteiger partial charge in [-0.1, -0.05) is 97.1 Å². The van der Waals surface area contributed by atoms with E-state index in [1.54, 1.807) is 17.1 Å². The first-order valence-corrected chi connectivity index (χ1v) is 15.7. The first kappa shape index (κ1) is 33.4. The molecule has 2 amide bonds. The number of nitrogens with zero attached hydrogens (tertiary/aromatic N) is 1. The van der Waals surface area contributed by atoms with E-state index in [9.17, 15) is 19.5 Å². The summed E-state index contributed by atoms with van der Waals surface area (Å²) in [7, 11) is 0. The predicted molar refractivity (Wildman–Crippen MR) is 176 cm³/mol. The van der Waals surface area contributed by atoms with Gasteiger partial charge in [-0.25, -0.2) is 0 Å². The van der Waals surface area contributed by atoms with Crippen molar-refractivity contribution in [1.29, 1.82) is 0 Å². The van der Waals surface area contributed by atoms with Gasteiger partial charge >= 0.3 is 5.97 Å². The minimum atomic E-state index is -0.706. The smallest absolute Gasteiger partial charge is 0.309 e. The van der Waals surface area contributed by atoms with Crippen LogP contribution in [0.4, 0.5) is 0 Å². The molecule has 0 bridgehead atoms. The van der Waals surface area contributed by atoms with Gasteiger partial charge in [-0.2, -0.15) is 0 Å². The number of allylic oxidation sites excluding steroid dienone is 2. The van der Waals surface area contributed by atoms with E-state index < -0.39 is 12.0 Å². The second kappa shape index (κ2) is 17.1. The van der Waals surface area contributed by atoms with Gasteiger partial charge in [-0.15, -0.1) is 13.2 Å². The second-order valence-corrected chi connectivity index (χ2v) is 11.6. The Morgan fingerprint density at radius 1 is 0.911 bits per heavy atom. The van der Waals surface area contributed by atoms with Gasteiger partial charge in [0.15, 0.2) is 0 Å². The summed E-state index contributed by atoms with van der Waals surface area (Å²) in [5.41, 5.74) is 3.98. The van der Waals surface area contributed by atoms with Crippen molar-refractivity contribution in [3.05, 3.63) is 132 Å². The zero-order valence-corrected chi connectivity index (χ0v) is 25.9. The molecule has 0 aliphatic carbocycles. The number of ether oxygens (including phenoxy) is 1. The SMILES string of the molecule is C=CCC[C@H](Cc1ccccc1)C(=O)O[C@H](CNC(=O)[C@@H](CC=C)CC(=O)N1Cc2ccccc2C[C@H]1CO)c1ccccc1. The van der Waals surface area contributed by atoms with Gasteiger partial charge in [-0.3, -0.25) is 14.4 Å². The zero-order chi connectivity index (χ0) is 32.0. The number of hydrogen-bond acceptors (Lipinski definition) is 5. The molecule has 3 aromatic carbocycles. The molecule has 0 spiro atoms. The summed E-state index contributed by atoms with van der Waals surface area (Å²) >= 11 is 0. The van der Waals surface area contributed by atoms with Crippen LogP contribution in [-0.2, 0) is 38.5 Å². The molecule has 0 fully saturated rings. The van der Waals surface area contributed by atoms with E-state index in [0.717, 1.165) is 22.3 Å². The van der Waals surface area contributed by atoms with Crippen LogP contribution >= 0.6 is 0 Å². The lowest BCUT2D eigenvalue weighted by atomic mass is 9.92. The number of rotatable bonds is 16. The molecule has 4 atom stereocenters. The van der Waals surface area contributed by atoms with Crippen LogP contribution in [-0.4, -0.2) is 47.0 Å². The monoisotopic (exact) mass is 608 g/mol. The van der Waals surface area contributed by atoms with Crippen LogP contribution in [0, 0.1) is 11.8 Å². The number of nitrogens with one attached hydrogen (secondary N) is 1. The molecule has 1 heterocycles. The molecule has 0 saturated heterocycles. The minimum absolute atomic E-state index is 0.0208. The van der Waals surface area contributed by atoms with E-state index >= 15 is 0 Å². The molecule has 1 aliphatic heterocycles. The third kappa shape index (κ3) is 9.50. The molecular weight excluding hydrogens is 564 g/mol. The lowest BCUT2D eigenvalue weighted by Gasteiger charge is -2.36. The Hall–Kier alpha value is -4.49. The lowest BCUT2D eigenvalue weighted by molar-refractivity contribution is -0.155. The predicted octanol–water partition coefficient (Wildman–Crippen LogP) is 5.74. The van der Waals surface area contributed by atoms with E-state index in [4.69, 9.17) is 4.74 Å². The summed E-state index contributed by atoms with van der Waals surface area (Å²) < 4.78 is 6.09. The van der Waals surface area contributed by atoms with Crippen LogP contribution < -0.4 is 5.32 Å². The van der Waals surface area contributed by atoms with Crippen LogP contribution in [0.2, 0.25) is 0 Å². The highest BCUT2D eigenvalue weighted by molar-refractivity contribution is 5.86. The average Bonchev–Trinajstić information content (AvgIpc) is 3.08. The molecule has 3 aromatic rings. The molecule has 7 heteroatoms. The molecule has 45 heavy (non-hydrogen) atoms. The van der Waals surface area contributed by atoms with Crippen molar-refractivity contribution in [2.75, 3.05) is 13.2 Å². The van der Waals surface area contributed by atoms with Gasteiger partial charge in [-0.05, 0) is 54.4 Å². The topological polar surface area (TPSA) is 95.9 Å². The second-order valence-electron chi connectivity index (χ2n) is 11.6. The molecule has 0 aromatic heterocycles. The molecule has 4 rings (SSSR count). The maximum absolute atomic E-state index is 13.5. The zero-order valence-electron chi connectivity index (χ0n) is 25.9. The summed E-state index contributed by atoms with van der Waals surface area (Å²) in [6.07, 6.45) is 5.40. The summed E-state index contributed by atoms with van der Waals surface area (Å²) in [5.74, 6) is -1.86. The summed E-state index contributed by atoms with van der Waals surface area (Å²) in [6.45, 7) is 7.92. The van der Waals surface area contributed by atoms with Crippen LogP contribution in [0.3, 0.4) is 0 Å². The van der Waals surface area contributed by atoms with Crippen LogP contribution in [0.1, 0.15) is 54.0 Å². The van der Waals surface area contributed by atoms with E-state index in [0.29, 0.717) is 38.6 Å². The van der Waals surface area contributed by atoms with E-state index in [1.807, 2.05) is 84.9 Å². The quantitative estimate of drug-likeness (QED) is 0.160.